The van der Waals surface area contributed by atoms with Gasteiger partial charge in [-0.15, -0.1) is 12.4 Å². The molecule has 2 rings (SSSR count). The normalized spacial score (nSPS) is 18.0. The minimum atomic E-state index is -1.68. The van der Waals surface area contributed by atoms with Gasteiger partial charge < -0.3 is 10.6 Å². The Morgan fingerprint density at radius 1 is 1.21 bits per heavy atom. The third-order valence-corrected chi connectivity index (χ3v) is 2.73. The first kappa shape index (κ1) is 15.7. The van der Waals surface area contributed by atoms with Gasteiger partial charge in [0.15, 0.2) is 23.3 Å². The third-order valence-electron chi connectivity index (χ3n) is 2.73. The van der Waals surface area contributed by atoms with Crippen molar-refractivity contribution in [2.75, 3.05) is 13.1 Å². The Morgan fingerprint density at radius 2 is 1.79 bits per heavy atom. The number of hydrogen-bond acceptors (Lipinski definition) is 2. The zero-order valence-electron chi connectivity index (χ0n) is 9.60. The van der Waals surface area contributed by atoms with E-state index in [1.807, 2.05) is 0 Å². The standard InChI is InChI=1S/C11H10F4N2O.ClH/c12-6-3-7(13)10(15)8(9(6)14)11(18)17-5-1-2-16-4-5;/h3,5,16H,1-2,4H2,(H,17,18);1H. The van der Waals surface area contributed by atoms with Gasteiger partial charge in [-0.25, -0.2) is 17.6 Å². The molecule has 1 aromatic carbocycles. The maximum absolute atomic E-state index is 13.3. The first-order chi connectivity index (χ1) is 8.50. The molecule has 1 aromatic rings. The Kier molecular flexibility index (Phi) is 5.13. The lowest BCUT2D eigenvalue weighted by Gasteiger charge is -2.12. The summed E-state index contributed by atoms with van der Waals surface area (Å²) in [6.45, 7) is 1.11. The van der Waals surface area contributed by atoms with Gasteiger partial charge in [-0.1, -0.05) is 0 Å². The van der Waals surface area contributed by atoms with E-state index >= 15 is 0 Å². The number of carbonyl (C=O) groups excluding carboxylic acids is 1. The number of amides is 1. The van der Waals surface area contributed by atoms with Crippen LogP contribution < -0.4 is 10.6 Å². The lowest BCUT2D eigenvalue weighted by molar-refractivity contribution is 0.0929. The van der Waals surface area contributed by atoms with Crippen molar-refractivity contribution in [1.29, 1.82) is 0 Å². The van der Waals surface area contributed by atoms with Crippen LogP contribution in [0.3, 0.4) is 0 Å². The van der Waals surface area contributed by atoms with Crippen LogP contribution in [0, 0.1) is 23.3 Å². The van der Waals surface area contributed by atoms with Crippen molar-refractivity contribution in [3.8, 4) is 0 Å². The molecule has 8 heteroatoms. The summed E-state index contributed by atoms with van der Waals surface area (Å²) in [7, 11) is 0. The van der Waals surface area contributed by atoms with Crippen LogP contribution in [0.15, 0.2) is 6.07 Å². The quantitative estimate of drug-likeness (QED) is 0.645. The zero-order chi connectivity index (χ0) is 13.3. The summed E-state index contributed by atoms with van der Waals surface area (Å²) in [4.78, 5) is 11.6. The van der Waals surface area contributed by atoms with Crippen molar-refractivity contribution in [2.45, 2.75) is 12.5 Å². The van der Waals surface area contributed by atoms with E-state index in [1.54, 1.807) is 0 Å². The summed E-state index contributed by atoms with van der Waals surface area (Å²) in [5.41, 5.74) is -1.22. The minimum Gasteiger partial charge on any atom is -0.348 e. The molecule has 0 aliphatic carbocycles. The summed E-state index contributed by atoms with van der Waals surface area (Å²) in [6, 6.07) is -0.235. The Hall–Kier alpha value is -1.34. The number of nitrogens with one attached hydrogen (secondary N) is 2. The molecular formula is C11H11ClF4N2O. The molecule has 1 aliphatic rings. The number of hydrogen-bond donors (Lipinski definition) is 2. The third kappa shape index (κ3) is 3.16. The molecule has 0 aromatic heterocycles. The highest BCUT2D eigenvalue weighted by Gasteiger charge is 2.27. The molecule has 0 spiro atoms. The lowest BCUT2D eigenvalue weighted by Crippen LogP contribution is -2.37. The van der Waals surface area contributed by atoms with E-state index in [2.05, 4.69) is 10.6 Å². The number of carbonyl (C=O) groups is 1. The molecule has 0 saturated carbocycles. The molecule has 2 N–H and O–H groups in total. The smallest absolute Gasteiger partial charge is 0.257 e. The zero-order valence-corrected chi connectivity index (χ0v) is 10.4. The van der Waals surface area contributed by atoms with E-state index in [4.69, 9.17) is 0 Å². The molecule has 1 saturated heterocycles. The predicted molar refractivity (Wildman–Crippen MR) is 62.3 cm³/mol. The van der Waals surface area contributed by atoms with Gasteiger partial charge in [0.1, 0.15) is 5.56 Å². The highest BCUT2D eigenvalue weighted by Crippen LogP contribution is 2.19. The Bertz CT molecular complexity index is 466. The van der Waals surface area contributed by atoms with Crippen molar-refractivity contribution in [3.63, 3.8) is 0 Å². The molecule has 1 amide bonds. The fraction of sp³-hybridized carbons (Fsp3) is 0.364. The molecule has 0 bridgehead atoms. The van der Waals surface area contributed by atoms with E-state index in [-0.39, 0.29) is 24.5 Å². The second kappa shape index (κ2) is 6.21. The molecule has 3 nitrogen and oxygen atoms in total. The molecule has 1 fully saturated rings. The van der Waals surface area contributed by atoms with Crippen LogP contribution in [0.5, 0.6) is 0 Å². The van der Waals surface area contributed by atoms with Gasteiger partial charge in [-0.05, 0) is 13.0 Å². The highest BCUT2D eigenvalue weighted by atomic mass is 35.5. The minimum absolute atomic E-state index is 0. The van der Waals surface area contributed by atoms with Gasteiger partial charge in [-0.3, -0.25) is 4.79 Å². The maximum Gasteiger partial charge on any atom is 0.257 e. The van der Waals surface area contributed by atoms with Crippen LogP contribution in [0.4, 0.5) is 17.6 Å². The van der Waals surface area contributed by atoms with Crippen molar-refractivity contribution < 1.29 is 22.4 Å². The van der Waals surface area contributed by atoms with Gasteiger partial charge >= 0.3 is 0 Å². The molecule has 1 aliphatic heterocycles. The Balaban J connectivity index is 0.00000180. The van der Waals surface area contributed by atoms with Crippen LogP contribution in [0.25, 0.3) is 0 Å². The van der Waals surface area contributed by atoms with E-state index < -0.39 is 34.7 Å². The summed E-state index contributed by atoms with van der Waals surface area (Å²) < 4.78 is 52.5. The van der Waals surface area contributed by atoms with Gasteiger partial charge in [-0.2, -0.15) is 0 Å². The lowest BCUT2D eigenvalue weighted by atomic mass is 10.1. The summed E-state index contributed by atoms with van der Waals surface area (Å²) in [5, 5.41) is 5.25. The molecular weight excluding hydrogens is 288 g/mol. The maximum atomic E-state index is 13.3. The molecule has 19 heavy (non-hydrogen) atoms. The summed E-state index contributed by atoms with van der Waals surface area (Å²) in [6.07, 6.45) is 0.590. The topological polar surface area (TPSA) is 41.1 Å². The van der Waals surface area contributed by atoms with Gasteiger partial charge in [0.05, 0.1) is 0 Å². The van der Waals surface area contributed by atoms with Gasteiger partial charge in [0.2, 0.25) is 0 Å². The van der Waals surface area contributed by atoms with E-state index in [0.717, 1.165) is 0 Å². The van der Waals surface area contributed by atoms with Crippen LogP contribution in [0.2, 0.25) is 0 Å². The van der Waals surface area contributed by atoms with Crippen molar-refractivity contribution in [3.05, 3.63) is 34.9 Å². The SMILES string of the molecule is Cl.O=C(NC1CCNC1)c1c(F)c(F)cc(F)c1F. The van der Waals surface area contributed by atoms with Crippen LogP contribution >= 0.6 is 12.4 Å². The monoisotopic (exact) mass is 298 g/mol. The fourth-order valence-electron chi connectivity index (χ4n) is 1.81. The van der Waals surface area contributed by atoms with E-state index in [1.165, 1.54) is 0 Å². The van der Waals surface area contributed by atoms with Crippen LogP contribution in [0.1, 0.15) is 16.8 Å². The summed E-state index contributed by atoms with van der Waals surface area (Å²) >= 11 is 0. The van der Waals surface area contributed by atoms with Crippen molar-refractivity contribution in [2.24, 2.45) is 0 Å². The molecule has 1 heterocycles. The van der Waals surface area contributed by atoms with Gasteiger partial charge in [0, 0.05) is 18.7 Å². The van der Waals surface area contributed by atoms with E-state index in [0.29, 0.717) is 19.5 Å². The fourth-order valence-corrected chi connectivity index (χ4v) is 1.81. The number of rotatable bonds is 2. The number of benzene rings is 1. The predicted octanol–water partition coefficient (Wildman–Crippen LogP) is 1.76. The largest absolute Gasteiger partial charge is 0.348 e. The molecule has 1 unspecified atom stereocenters. The first-order valence-electron chi connectivity index (χ1n) is 5.35. The van der Waals surface area contributed by atoms with E-state index in [9.17, 15) is 22.4 Å². The highest BCUT2D eigenvalue weighted by molar-refractivity contribution is 5.95. The van der Waals surface area contributed by atoms with Crippen molar-refractivity contribution >= 4 is 18.3 Å². The number of halogens is 5. The Morgan fingerprint density at radius 3 is 2.26 bits per heavy atom. The second-order valence-electron chi connectivity index (χ2n) is 4.01. The Labute approximate surface area is 112 Å². The van der Waals surface area contributed by atoms with Gasteiger partial charge in [0.25, 0.3) is 5.91 Å². The molecule has 1 atom stereocenters. The van der Waals surface area contributed by atoms with Crippen LogP contribution in [-0.4, -0.2) is 25.0 Å². The van der Waals surface area contributed by atoms with Crippen LogP contribution in [-0.2, 0) is 0 Å². The van der Waals surface area contributed by atoms with Crippen molar-refractivity contribution in [1.82, 2.24) is 10.6 Å². The summed E-state index contributed by atoms with van der Waals surface area (Å²) in [5.74, 6) is -7.71. The molecule has 0 radical (unpaired) electrons. The average molecular weight is 299 g/mol. The first-order valence-corrected chi connectivity index (χ1v) is 5.35. The second-order valence-corrected chi connectivity index (χ2v) is 4.01. The average Bonchev–Trinajstić information content (AvgIpc) is 2.79. The molecule has 106 valence electrons.